The minimum atomic E-state index is -1.18. The molecule has 0 aliphatic heterocycles. The van der Waals surface area contributed by atoms with Crippen LogP contribution in [0.25, 0.3) is 0 Å². The van der Waals surface area contributed by atoms with Crippen molar-refractivity contribution in [2.24, 2.45) is 0 Å². The van der Waals surface area contributed by atoms with Crippen LogP contribution >= 0.6 is 11.3 Å². The van der Waals surface area contributed by atoms with E-state index in [4.69, 9.17) is 9.47 Å². The first-order valence-corrected chi connectivity index (χ1v) is 9.09. The normalized spacial score (nSPS) is 13.0. The molecular formula is C13H18N4O4S2. The number of methoxy groups -OCH3 is 1. The predicted molar refractivity (Wildman–Crippen MR) is 84.8 cm³/mol. The molecule has 1 heterocycles. The minimum absolute atomic E-state index is 0.0765. The molecule has 1 atom stereocenters. The molecule has 1 unspecified atom stereocenters. The van der Waals surface area contributed by atoms with Crippen LogP contribution in [-0.4, -0.2) is 47.0 Å². The van der Waals surface area contributed by atoms with E-state index in [1.54, 1.807) is 0 Å². The molecule has 0 saturated heterocycles. The van der Waals surface area contributed by atoms with Gasteiger partial charge in [0.2, 0.25) is 4.34 Å². The lowest BCUT2D eigenvalue weighted by atomic mass is 10.2. The van der Waals surface area contributed by atoms with E-state index in [0.717, 1.165) is 0 Å². The van der Waals surface area contributed by atoms with Gasteiger partial charge in [-0.05, 0) is 6.42 Å². The van der Waals surface area contributed by atoms with E-state index in [1.807, 2.05) is 13.0 Å². The molecule has 0 spiro atoms. The summed E-state index contributed by atoms with van der Waals surface area (Å²) in [6.07, 6.45) is 1.98. The monoisotopic (exact) mass is 358 g/mol. The molecule has 126 valence electrons. The lowest BCUT2D eigenvalue weighted by molar-refractivity contribution is -0.139. The molecule has 1 aromatic heterocycles. The molecule has 1 N–H and O–H groups in total. The zero-order chi connectivity index (χ0) is 17.2. The van der Waals surface area contributed by atoms with Gasteiger partial charge < -0.3 is 14.8 Å². The van der Waals surface area contributed by atoms with E-state index in [0.29, 0.717) is 21.5 Å². The number of ether oxygens (including phenoxy) is 2. The first-order valence-electron chi connectivity index (χ1n) is 6.72. The van der Waals surface area contributed by atoms with Crippen LogP contribution < -0.4 is 5.32 Å². The second-order valence-corrected chi connectivity index (χ2v) is 6.83. The molecule has 0 aliphatic rings. The lowest BCUT2D eigenvalue weighted by Crippen LogP contribution is -2.20. The van der Waals surface area contributed by atoms with E-state index >= 15 is 0 Å². The van der Waals surface area contributed by atoms with Crippen molar-refractivity contribution in [2.45, 2.75) is 24.2 Å². The van der Waals surface area contributed by atoms with E-state index in [-0.39, 0.29) is 25.3 Å². The summed E-state index contributed by atoms with van der Waals surface area (Å²) >= 11 is 1.21. The van der Waals surface area contributed by atoms with Gasteiger partial charge in [-0.2, -0.15) is 5.26 Å². The summed E-state index contributed by atoms with van der Waals surface area (Å²) in [5.41, 5.74) is 0.386. The maximum atomic E-state index is 11.9. The van der Waals surface area contributed by atoms with Crippen molar-refractivity contribution >= 4 is 28.1 Å². The van der Waals surface area contributed by atoms with Crippen molar-refractivity contribution in [3.8, 4) is 6.07 Å². The molecule has 1 rings (SSSR count). The molecule has 0 fully saturated rings. The zero-order valence-corrected chi connectivity index (χ0v) is 14.8. The van der Waals surface area contributed by atoms with Gasteiger partial charge in [-0.3, -0.25) is 4.21 Å². The highest BCUT2D eigenvalue weighted by molar-refractivity contribution is 7.86. The highest BCUT2D eigenvalue weighted by atomic mass is 32.2. The Morgan fingerprint density at radius 3 is 2.70 bits per heavy atom. The fraction of sp³-hybridized carbons (Fsp3) is 0.538. The highest BCUT2D eigenvalue weighted by Gasteiger charge is 2.16. The van der Waals surface area contributed by atoms with Crippen LogP contribution in [0.1, 0.15) is 18.4 Å². The number of aromatic nitrogens is 2. The van der Waals surface area contributed by atoms with Crippen LogP contribution in [0.5, 0.6) is 0 Å². The Labute approximate surface area is 141 Å². The molecule has 23 heavy (non-hydrogen) atoms. The van der Waals surface area contributed by atoms with Gasteiger partial charge in [0, 0.05) is 19.1 Å². The van der Waals surface area contributed by atoms with Gasteiger partial charge in [0.05, 0.1) is 24.0 Å². The molecule has 0 bridgehead atoms. The first-order chi connectivity index (χ1) is 11.0. The van der Waals surface area contributed by atoms with Crippen LogP contribution in [0.4, 0.5) is 0 Å². The number of hydrogen-bond acceptors (Lipinski definition) is 9. The number of nitriles is 1. The Kier molecular flexibility index (Phi) is 8.39. The van der Waals surface area contributed by atoms with E-state index in [9.17, 15) is 14.3 Å². The molecule has 0 aromatic carbocycles. The average molecular weight is 358 g/mol. The molecule has 0 radical (unpaired) electrons. The fourth-order valence-electron chi connectivity index (χ4n) is 1.52. The molecule has 8 nitrogen and oxygen atoms in total. The van der Waals surface area contributed by atoms with Gasteiger partial charge >= 0.3 is 5.97 Å². The van der Waals surface area contributed by atoms with E-state index in [2.05, 4.69) is 15.5 Å². The highest BCUT2D eigenvalue weighted by Crippen LogP contribution is 2.14. The zero-order valence-electron chi connectivity index (χ0n) is 13.1. The number of hydrogen-bond donors (Lipinski definition) is 1. The van der Waals surface area contributed by atoms with Crippen molar-refractivity contribution in [3.05, 3.63) is 16.3 Å². The van der Waals surface area contributed by atoms with Crippen molar-refractivity contribution < 1.29 is 18.5 Å². The van der Waals surface area contributed by atoms with Crippen molar-refractivity contribution in [3.63, 3.8) is 0 Å². The van der Waals surface area contributed by atoms with Gasteiger partial charge in [0.25, 0.3) is 0 Å². The number of carbonyl (C=O) groups excluding carboxylic acids is 1. The number of esters is 1. The van der Waals surface area contributed by atoms with Gasteiger partial charge in [-0.15, -0.1) is 10.2 Å². The summed E-state index contributed by atoms with van der Waals surface area (Å²) in [5, 5.41) is 20.5. The summed E-state index contributed by atoms with van der Waals surface area (Å²) in [5.74, 6) is -0.693. The van der Waals surface area contributed by atoms with Gasteiger partial charge in [0.1, 0.15) is 17.7 Å². The van der Waals surface area contributed by atoms with Crippen LogP contribution in [0.15, 0.2) is 15.6 Å². The predicted octanol–water partition coefficient (Wildman–Crippen LogP) is 0.742. The van der Waals surface area contributed by atoms with Crippen molar-refractivity contribution in [1.82, 2.24) is 15.5 Å². The summed E-state index contributed by atoms with van der Waals surface area (Å²) in [7, 11) is 0.314. The smallest absolute Gasteiger partial charge is 0.350 e. The van der Waals surface area contributed by atoms with Gasteiger partial charge in [0.15, 0.2) is 5.57 Å². The van der Waals surface area contributed by atoms with Crippen LogP contribution in [-0.2, 0) is 31.6 Å². The minimum Gasteiger partial charge on any atom is -0.459 e. The van der Waals surface area contributed by atoms with E-state index in [1.165, 1.54) is 24.7 Å². The first kappa shape index (κ1) is 19.2. The van der Waals surface area contributed by atoms with Crippen molar-refractivity contribution in [1.29, 1.82) is 5.26 Å². The molecular weight excluding hydrogens is 340 g/mol. The molecule has 0 saturated carbocycles. The van der Waals surface area contributed by atoms with E-state index < -0.39 is 16.8 Å². The summed E-state index contributed by atoms with van der Waals surface area (Å²) in [6.45, 7) is 2.45. The maximum Gasteiger partial charge on any atom is 0.350 e. The summed E-state index contributed by atoms with van der Waals surface area (Å²) in [4.78, 5) is 11.9. The third-order valence-corrected chi connectivity index (χ3v) is 4.88. The Balaban J connectivity index is 2.76. The molecule has 1 aromatic rings. The quantitative estimate of drug-likeness (QED) is 0.297. The topological polar surface area (TPSA) is 114 Å². The number of carbonyl (C=O) groups is 1. The largest absolute Gasteiger partial charge is 0.459 e. The Morgan fingerprint density at radius 1 is 1.43 bits per heavy atom. The third kappa shape index (κ3) is 6.05. The van der Waals surface area contributed by atoms with Crippen LogP contribution in [0.2, 0.25) is 0 Å². The lowest BCUT2D eigenvalue weighted by Gasteiger charge is -2.10. The van der Waals surface area contributed by atoms with Crippen molar-refractivity contribution in [2.75, 3.05) is 26.6 Å². The number of nitrogens with zero attached hydrogens (tertiary/aromatic N) is 3. The Bertz CT molecular complexity index is 636. The van der Waals surface area contributed by atoms with Gasteiger partial charge in [-0.25, -0.2) is 4.79 Å². The second-order valence-electron chi connectivity index (χ2n) is 4.22. The van der Waals surface area contributed by atoms with Gasteiger partial charge in [-0.1, -0.05) is 18.3 Å². The molecule has 0 amide bonds. The average Bonchev–Trinajstić information content (AvgIpc) is 3.00. The summed E-state index contributed by atoms with van der Waals surface area (Å²) in [6, 6.07) is 1.86. The maximum absolute atomic E-state index is 11.9. The molecule has 10 heteroatoms. The fourth-order valence-corrected chi connectivity index (χ4v) is 2.95. The van der Waals surface area contributed by atoms with Crippen LogP contribution in [0, 0.1) is 11.3 Å². The second kappa shape index (κ2) is 10.0. The SMILES string of the molecule is CC/C(NCc1nnc(S(C)=O)s1)=C(/C#N)C(=O)OCCOC. The van der Waals surface area contributed by atoms with Crippen LogP contribution in [0.3, 0.4) is 0 Å². The number of nitrogens with one attached hydrogen (secondary N) is 1. The Morgan fingerprint density at radius 2 is 2.17 bits per heavy atom. The third-order valence-electron chi connectivity index (χ3n) is 2.64. The number of allylic oxidation sites excluding steroid dienone is 1. The number of rotatable bonds is 9. The standard InChI is InChI=1S/C13H18N4O4S2/c1-4-10(9(7-14)12(18)21-6-5-20-2)15-8-11-16-17-13(22-11)23(3)19/h15H,4-6,8H2,1-3H3/b10-9+. The summed E-state index contributed by atoms with van der Waals surface area (Å²) < 4.78 is 21.5. The molecule has 0 aliphatic carbocycles. The Hall–Kier alpha value is -1.83.